The van der Waals surface area contributed by atoms with Crippen molar-refractivity contribution in [2.24, 2.45) is 0 Å². The molecule has 72 valence electrons. The van der Waals surface area contributed by atoms with E-state index in [1.165, 1.54) is 16.7 Å². The van der Waals surface area contributed by atoms with Crippen molar-refractivity contribution in [1.29, 1.82) is 0 Å². The molecule has 0 saturated heterocycles. The maximum atomic E-state index is 3.17. The zero-order valence-electron chi connectivity index (χ0n) is 8.85. The van der Waals surface area contributed by atoms with Gasteiger partial charge in [-0.1, -0.05) is 32.0 Å². The predicted octanol–water partition coefficient (Wildman–Crippen LogP) is 2.53. The largest absolute Gasteiger partial charge is 0.316 e. The molecule has 0 atom stereocenters. The van der Waals surface area contributed by atoms with E-state index >= 15 is 0 Å². The molecule has 0 saturated carbocycles. The molecule has 0 aliphatic heterocycles. The molecule has 0 aliphatic carbocycles. The summed E-state index contributed by atoms with van der Waals surface area (Å²) in [5.74, 6) is 0. The lowest BCUT2D eigenvalue weighted by Crippen LogP contribution is -2.05. The Morgan fingerprint density at radius 1 is 1.08 bits per heavy atom. The smallest absolute Gasteiger partial charge is 0.0202 e. The molecule has 0 bridgehead atoms. The van der Waals surface area contributed by atoms with Crippen LogP contribution in [0.15, 0.2) is 18.2 Å². The van der Waals surface area contributed by atoms with Gasteiger partial charge in [-0.3, -0.25) is 0 Å². The van der Waals surface area contributed by atoms with Crippen molar-refractivity contribution in [3.63, 3.8) is 0 Å². The minimum atomic E-state index is 0.969. The summed E-state index contributed by atoms with van der Waals surface area (Å²) in [6.07, 6.45) is 2.28. The summed E-state index contributed by atoms with van der Waals surface area (Å²) >= 11 is 0. The first-order valence-corrected chi connectivity index (χ1v) is 5.07. The van der Waals surface area contributed by atoms with Crippen molar-refractivity contribution in [3.05, 3.63) is 34.9 Å². The Balaban J connectivity index is 2.91. The summed E-state index contributed by atoms with van der Waals surface area (Å²) in [5, 5.41) is 3.17. The molecular weight excluding hydrogens is 158 g/mol. The Hall–Kier alpha value is -0.820. The van der Waals surface area contributed by atoms with Gasteiger partial charge in [-0.25, -0.2) is 0 Å². The van der Waals surface area contributed by atoms with Crippen LogP contribution in [0.4, 0.5) is 0 Å². The van der Waals surface area contributed by atoms with Crippen LogP contribution in [0.25, 0.3) is 0 Å². The minimum Gasteiger partial charge on any atom is -0.316 e. The zero-order valence-corrected chi connectivity index (χ0v) is 8.85. The fourth-order valence-electron chi connectivity index (χ4n) is 1.67. The molecule has 0 spiro atoms. The second kappa shape index (κ2) is 5.03. The monoisotopic (exact) mass is 177 g/mol. The van der Waals surface area contributed by atoms with Gasteiger partial charge in [0, 0.05) is 6.54 Å². The van der Waals surface area contributed by atoms with E-state index in [4.69, 9.17) is 0 Å². The molecule has 1 N–H and O–H groups in total. The fraction of sp³-hybridized carbons (Fsp3) is 0.500. The fourth-order valence-corrected chi connectivity index (χ4v) is 1.67. The number of aryl methyl sites for hydroxylation is 2. The zero-order chi connectivity index (χ0) is 9.68. The lowest BCUT2D eigenvalue weighted by atomic mass is 10.00. The first-order chi connectivity index (χ1) is 6.31. The van der Waals surface area contributed by atoms with E-state index < -0.39 is 0 Å². The van der Waals surface area contributed by atoms with E-state index in [9.17, 15) is 0 Å². The van der Waals surface area contributed by atoms with Crippen molar-refractivity contribution >= 4 is 0 Å². The van der Waals surface area contributed by atoms with Crippen LogP contribution in [0.1, 0.15) is 30.5 Å². The highest BCUT2D eigenvalue weighted by Crippen LogP contribution is 2.13. The second-order valence-electron chi connectivity index (χ2n) is 3.34. The van der Waals surface area contributed by atoms with Gasteiger partial charge in [-0.05, 0) is 36.6 Å². The topological polar surface area (TPSA) is 12.0 Å². The molecule has 0 aromatic heterocycles. The minimum absolute atomic E-state index is 0.969. The van der Waals surface area contributed by atoms with E-state index in [0.29, 0.717) is 0 Å². The van der Waals surface area contributed by atoms with Crippen LogP contribution in [-0.2, 0) is 19.4 Å². The standard InChI is InChI=1S/C12H19N/c1-4-11-7-6-10(9-13-3)8-12(11)5-2/h6-8,13H,4-5,9H2,1-3H3. The molecular formula is C12H19N. The average Bonchev–Trinajstić information content (AvgIpc) is 2.18. The van der Waals surface area contributed by atoms with Crippen molar-refractivity contribution in [2.45, 2.75) is 33.2 Å². The van der Waals surface area contributed by atoms with Crippen molar-refractivity contribution in [3.8, 4) is 0 Å². The van der Waals surface area contributed by atoms with Crippen LogP contribution in [0.3, 0.4) is 0 Å². The average molecular weight is 177 g/mol. The quantitative estimate of drug-likeness (QED) is 0.745. The molecule has 0 radical (unpaired) electrons. The third-order valence-electron chi connectivity index (χ3n) is 2.41. The molecule has 0 aliphatic rings. The lowest BCUT2D eigenvalue weighted by Gasteiger charge is -2.08. The Kier molecular flexibility index (Phi) is 3.97. The van der Waals surface area contributed by atoms with Gasteiger partial charge < -0.3 is 5.32 Å². The normalized spacial score (nSPS) is 10.4. The summed E-state index contributed by atoms with van der Waals surface area (Å²) in [6, 6.07) is 6.79. The molecule has 0 fully saturated rings. The molecule has 1 rings (SSSR count). The highest BCUT2D eigenvalue weighted by molar-refractivity contribution is 5.32. The van der Waals surface area contributed by atoms with Gasteiger partial charge >= 0.3 is 0 Å². The van der Waals surface area contributed by atoms with E-state index in [1.807, 2.05) is 7.05 Å². The van der Waals surface area contributed by atoms with Crippen molar-refractivity contribution in [2.75, 3.05) is 7.05 Å². The van der Waals surface area contributed by atoms with E-state index in [-0.39, 0.29) is 0 Å². The van der Waals surface area contributed by atoms with Gasteiger partial charge in [0.2, 0.25) is 0 Å². The van der Waals surface area contributed by atoms with Crippen LogP contribution >= 0.6 is 0 Å². The molecule has 1 aromatic rings. The van der Waals surface area contributed by atoms with Crippen LogP contribution in [0, 0.1) is 0 Å². The number of hydrogen-bond donors (Lipinski definition) is 1. The number of nitrogens with one attached hydrogen (secondary N) is 1. The van der Waals surface area contributed by atoms with Crippen molar-refractivity contribution in [1.82, 2.24) is 5.32 Å². The van der Waals surface area contributed by atoms with Crippen LogP contribution in [0.2, 0.25) is 0 Å². The summed E-state index contributed by atoms with van der Waals surface area (Å²) < 4.78 is 0. The Morgan fingerprint density at radius 3 is 2.31 bits per heavy atom. The van der Waals surface area contributed by atoms with Crippen LogP contribution in [-0.4, -0.2) is 7.05 Å². The Bertz CT molecular complexity index is 266. The highest BCUT2D eigenvalue weighted by atomic mass is 14.8. The molecule has 1 nitrogen and oxygen atoms in total. The van der Waals surface area contributed by atoms with Gasteiger partial charge in [0.15, 0.2) is 0 Å². The van der Waals surface area contributed by atoms with E-state index in [0.717, 1.165) is 19.4 Å². The number of benzene rings is 1. The van der Waals surface area contributed by atoms with Gasteiger partial charge in [-0.2, -0.15) is 0 Å². The maximum Gasteiger partial charge on any atom is 0.0202 e. The molecule has 13 heavy (non-hydrogen) atoms. The van der Waals surface area contributed by atoms with Crippen LogP contribution < -0.4 is 5.32 Å². The van der Waals surface area contributed by atoms with Gasteiger partial charge in [0.1, 0.15) is 0 Å². The summed E-state index contributed by atoms with van der Waals surface area (Å²) in [6.45, 7) is 5.40. The van der Waals surface area contributed by atoms with E-state index in [2.05, 4.69) is 37.4 Å². The lowest BCUT2D eigenvalue weighted by molar-refractivity contribution is 0.814. The van der Waals surface area contributed by atoms with Crippen LogP contribution in [0.5, 0.6) is 0 Å². The Morgan fingerprint density at radius 2 is 1.77 bits per heavy atom. The molecule has 0 amide bonds. The molecule has 0 heterocycles. The van der Waals surface area contributed by atoms with Gasteiger partial charge in [0.05, 0.1) is 0 Å². The predicted molar refractivity (Wildman–Crippen MR) is 58.0 cm³/mol. The third-order valence-corrected chi connectivity index (χ3v) is 2.41. The number of rotatable bonds is 4. The highest BCUT2D eigenvalue weighted by Gasteiger charge is 1.99. The molecule has 1 heteroatoms. The van der Waals surface area contributed by atoms with Gasteiger partial charge in [-0.15, -0.1) is 0 Å². The maximum absolute atomic E-state index is 3.17. The summed E-state index contributed by atoms with van der Waals surface area (Å²) in [4.78, 5) is 0. The van der Waals surface area contributed by atoms with E-state index in [1.54, 1.807) is 0 Å². The third kappa shape index (κ3) is 2.56. The summed E-state index contributed by atoms with van der Waals surface area (Å²) in [5.41, 5.74) is 4.37. The van der Waals surface area contributed by atoms with Crippen molar-refractivity contribution < 1.29 is 0 Å². The number of hydrogen-bond acceptors (Lipinski definition) is 1. The first kappa shape index (κ1) is 10.3. The molecule has 1 aromatic carbocycles. The second-order valence-corrected chi connectivity index (χ2v) is 3.34. The van der Waals surface area contributed by atoms with Gasteiger partial charge in [0.25, 0.3) is 0 Å². The Labute approximate surface area is 81.2 Å². The SMILES string of the molecule is CCc1ccc(CNC)cc1CC. The molecule has 0 unspecified atom stereocenters. The summed E-state index contributed by atoms with van der Waals surface area (Å²) in [7, 11) is 1.99. The first-order valence-electron chi connectivity index (χ1n) is 5.07.